The lowest BCUT2D eigenvalue weighted by molar-refractivity contribution is 1.25. The minimum Gasteiger partial charge on any atom is -0.301 e. The lowest BCUT2D eigenvalue weighted by atomic mass is 10.0. The molecule has 0 spiro atoms. The molecule has 20 heavy (non-hydrogen) atoms. The van der Waals surface area contributed by atoms with Crippen molar-refractivity contribution in [2.75, 3.05) is 10.9 Å². The third kappa shape index (κ3) is 2.96. The van der Waals surface area contributed by atoms with Crippen molar-refractivity contribution in [1.82, 2.24) is 0 Å². The van der Waals surface area contributed by atoms with Crippen molar-refractivity contribution in [1.29, 1.82) is 0 Å². The second kappa shape index (κ2) is 5.58. The molecule has 2 rings (SSSR count). The Morgan fingerprint density at radius 1 is 0.550 bits per heavy atom. The molecule has 0 aliphatic carbocycles. The molecule has 2 N–H and O–H groups in total. The second-order valence-corrected chi connectivity index (χ2v) is 5.78. The zero-order chi connectivity index (χ0) is 14.9. The number of anilines is 2. The molecule has 2 aromatic rings. The van der Waals surface area contributed by atoms with E-state index in [2.05, 4.69) is 76.7 Å². The van der Waals surface area contributed by atoms with Gasteiger partial charge in [-0.3, -0.25) is 0 Å². The number of hydrogen-bond donors (Lipinski definition) is 2. The monoisotopic (exact) mass is 268 g/mol. The van der Waals surface area contributed by atoms with E-state index in [1.807, 2.05) is 0 Å². The Labute approximate surface area is 122 Å². The molecule has 0 aliphatic rings. The predicted molar refractivity (Wildman–Crippen MR) is 88.6 cm³/mol. The summed E-state index contributed by atoms with van der Waals surface area (Å²) in [7, 11) is 0. The van der Waals surface area contributed by atoms with Crippen LogP contribution in [-0.2, 0) is 0 Å². The van der Waals surface area contributed by atoms with Crippen LogP contribution in [-0.4, -0.2) is 0 Å². The Balaban J connectivity index is 2.23. The van der Waals surface area contributed by atoms with Gasteiger partial charge in [0.1, 0.15) is 0 Å². The first-order valence-corrected chi connectivity index (χ1v) is 7.06. The molecule has 0 aromatic heterocycles. The molecule has 0 fully saturated rings. The summed E-state index contributed by atoms with van der Waals surface area (Å²) < 4.78 is 0. The Morgan fingerprint density at radius 2 is 1.10 bits per heavy atom. The molecular formula is C18H24N2. The molecule has 0 radical (unpaired) electrons. The van der Waals surface area contributed by atoms with Crippen LogP contribution < -0.4 is 10.9 Å². The Hall–Kier alpha value is -1.96. The molecular weight excluding hydrogens is 244 g/mol. The molecule has 0 bridgehead atoms. The normalized spacial score (nSPS) is 10.5. The summed E-state index contributed by atoms with van der Waals surface area (Å²) in [5, 5.41) is 0. The standard InChI is InChI=1S/C18H24N2/c1-11-7-15(5)18(16(6)8-11)20-19-17-10-13(3)12(2)9-14(17)4/h7-10,19-20H,1-6H3. The van der Waals surface area contributed by atoms with Crippen LogP contribution in [0.2, 0.25) is 0 Å². The maximum Gasteiger partial charge on any atom is 0.0598 e. The van der Waals surface area contributed by atoms with Gasteiger partial charge in [0.25, 0.3) is 0 Å². The highest BCUT2D eigenvalue weighted by atomic mass is 15.4. The molecule has 0 unspecified atom stereocenters. The largest absolute Gasteiger partial charge is 0.301 e. The van der Waals surface area contributed by atoms with Crippen LogP contribution in [0.1, 0.15) is 33.4 Å². The fourth-order valence-corrected chi connectivity index (χ4v) is 2.60. The van der Waals surface area contributed by atoms with Gasteiger partial charge in [0.05, 0.1) is 11.4 Å². The van der Waals surface area contributed by atoms with Gasteiger partial charge < -0.3 is 10.9 Å². The molecule has 2 nitrogen and oxygen atoms in total. The van der Waals surface area contributed by atoms with Gasteiger partial charge >= 0.3 is 0 Å². The summed E-state index contributed by atoms with van der Waals surface area (Å²) in [5.41, 5.74) is 16.7. The third-order valence-electron chi connectivity index (χ3n) is 3.84. The van der Waals surface area contributed by atoms with E-state index in [9.17, 15) is 0 Å². The van der Waals surface area contributed by atoms with Crippen LogP contribution in [0.15, 0.2) is 24.3 Å². The maximum atomic E-state index is 3.36. The van der Waals surface area contributed by atoms with Gasteiger partial charge in [0, 0.05) is 0 Å². The van der Waals surface area contributed by atoms with Gasteiger partial charge in [0.2, 0.25) is 0 Å². The molecule has 0 aliphatic heterocycles. The van der Waals surface area contributed by atoms with Crippen molar-refractivity contribution >= 4 is 11.4 Å². The van der Waals surface area contributed by atoms with Gasteiger partial charge in [0.15, 0.2) is 0 Å². The average Bonchev–Trinajstić information content (AvgIpc) is 2.33. The van der Waals surface area contributed by atoms with Crippen LogP contribution in [0.3, 0.4) is 0 Å². The molecule has 0 saturated carbocycles. The lowest BCUT2D eigenvalue weighted by Gasteiger charge is -2.18. The molecule has 2 aromatic carbocycles. The summed E-state index contributed by atoms with van der Waals surface area (Å²) >= 11 is 0. The number of rotatable bonds is 3. The quantitative estimate of drug-likeness (QED) is 0.767. The van der Waals surface area contributed by atoms with Crippen molar-refractivity contribution in [2.45, 2.75) is 41.5 Å². The molecule has 106 valence electrons. The van der Waals surface area contributed by atoms with Gasteiger partial charge in [-0.15, -0.1) is 0 Å². The van der Waals surface area contributed by atoms with E-state index >= 15 is 0 Å². The van der Waals surface area contributed by atoms with E-state index in [4.69, 9.17) is 0 Å². The minimum absolute atomic E-state index is 1.13. The maximum absolute atomic E-state index is 3.36. The van der Waals surface area contributed by atoms with Gasteiger partial charge in [-0.25, -0.2) is 0 Å². The van der Waals surface area contributed by atoms with E-state index in [1.54, 1.807) is 0 Å². The number of hydrazine groups is 1. The Bertz CT molecular complexity index is 619. The smallest absolute Gasteiger partial charge is 0.0598 e. The fourth-order valence-electron chi connectivity index (χ4n) is 2.60. The topological polar surface area (TPSA) is 24.1 Å². The van der Waals surface area contributed by atoms with Gasteiger partial charge in [-0.1, -0.05) is 23.8 Å². The van der Waals surface area contributed by atoms with Gasteiger partial charge in [-0.05, 0) is 75.4 Å². The number of hydrogen-bond acceptors (Lipinski definition) is 2. The van der Waals surface area contributed by atoms with E-state index in [0.717, 1.165) is 11.4 Å². The first-order chi connectivity index (χ1) is 9.38. The van der Waals surface area contributed by atoms with E-state index in [-0.39, 0.29) is 0 Å². The summed E-state index contributed by atoms with van der Waals surface area (Å²) in [6, 6.07) is 8.80. The van der Waals surface area contributed by atoms with Crippen molar-refractivity contribution in [2.24, 2.45) is 0 Å². The summed E-state index contributed by atoms with van der Waals surface area (Å²) in [6.07, 6.45) is 0. The molecule has 0 saturated heterocycles. The van der Waals surface area contributed by atoms with Crippen LogP contribution in [0.5, 0.6) is 0 Å². The molecule has 0 atom stereocenters. The van der Waals surface area contributed by atoms with E-state index < -0.39 is 0 Å². The van der Waals surface area contributed by atoms with Crippen molar-refractivity contribution in [3.63, 3.8) is 0 Å². The molecule has 0 heterocycles. The summed E-state index contributed by atoms with van der Waals surface area (Å²) in [6.45, 7) is 12.8. The highest BCUT2D eigenvalue weighted by Gasteiger charge is 2.05. The number of benzene rings is 2. The summed E-state index contributed by atoms with van der Waals surface area (Å²) in [5.74, 6) is 0. The zero-order valence-electron chi connectivity index (χ0n) is 13.3. The molecule has 2 heteroatoms. The lowest BCUT2D eigenvalue weighted by Crippen LogP contribution is -2.12. The highest BCUT2D eigenvalue weighted by molar-refractivity contribution is 5.63. The number of aryl methyl sites for hydroxylation is 6. The van der Waals surface area contributed by atoms with Crippen molar-refractivity contribution < 1.29 is 0 Å². The fraction of sp³-hybridized carbons (Fsp3) is 0.333. The molecule has 0 amide bonds. The average molecular weight is 268 g/mol. The van der Waals surface area contributed by atoms with Crippen LogP contribution in [0, 0.1) is 41.5 Å². The minimum atomic E-state index is 1.13. The van der Waals surface area contributed by atoms with Crippen LogP contribution in [0.4, 0.5) is 11.4 Å². The van der Waals surface area contributed by atoms with E-state index in [1.165, 1.54) is 33.4 Å². The van der Waals surface area contributed by atoms with Crippen molar-refractivity contribution in [3.8, 4) is 0 Å². The number of nitrogens with one attached hydrogen (secondary N) is 2. The van der Waals surface area contributed by atoms with Crippen LogP contribution >= 0.6 is 0 Å². The highest BCUT2D eigenvalue weighted by Crippen LogP contribution is 2.24. The van der Waals surface area contributed by atoms with Gasteiger partial charge in [-0.2, -0.15) is 0 Å². The first-order valence-electron chi connectivity index (χ1n) is 7.06. The SMILES string of the molecule is Cc1cc(C)c(NNc2cc(C)c(C)cc2C)c(C)c1. The Kier molecular flexibility index (Phi) is 4.03. The summed E-state index contributed by atoms with van der Waals surface area (Å²) in [4.78, 5) is 0. The third-order valence-corrected chi connectivity index (χ3v) is 3.84. The van der Waals surface area contributed by atoms with E-state index in [0.29, 0.717) is 0 Å². The second-order valence-electron chi connectivity index (χ2n) is 5.78. The van der Waals surface area contributed by atoms with Crippen LogP contribution in [0.25, 0.3) is 0 Å². The predicted octanol–water partition coefficient (Wildman–Crippen LogP) is 4.98. The zero-order valence-corrected chi connectivity index (χ0v) is 13.3. The first kappa shape index (κ1) is 14.4. The Morgan fingerprint density at radius 3 is 1.70 bits per heavy atom. The van der Waals surface area contributed by atoms with Crippen molar-refractivity contribution in [3.05, 3.63) is 57.6 Å².